The van der Waals surface area contributed by atoms with E-state index in [1.807, 2.05) is 13.8 Å². The lowest BCUT2D eigenvalue weighted by molar-refractivity contribution is -0.140. The second kappa shape index (κ2) is 4.50. The minimum atomic E-state index is -0.852. The predicted molar refractivity (Wildman–Crippen MR) is 72.6 cm³/mol. The largest absolute Gasteiger partial charge is 0.481 e. The second-order valence-corrected chi connectivity index (χ2v) is 7.56. The molecular formula is C15H25NO3. The summed E-state index contributed by atoms with van der Waals surface area (Å²) in [5.74, 6) is -1.80. The van der Waals surface area contributed by atoms with Crippen molar-refractivity contribution in [1.82, 2.24) is 5.32 Å². The number of carbonyl (C=O) groups is 2. The molecular weight excluding hydrogens is 242 g/mol. The van der Waals surface area contributed by atoms with Crippen molar-refractivity contribution in [3.8, 4) is 0 Å². The third-order valence-electron chi connectivity index (χ3n) is 5.06. The fourth-order valence-electron chi connectivity index (χ4n) is 3.42. The summed E-state index contributed by atoms with van der Waals surface area (Å²) >= 11 is 0. The summed E-state index contributed by atoms with van der Waals surface area (Å²) in [7, 11) is 0. The van der Waals surface area contributed by atoms with E-state index in [2.05, 4.69) is 19.2 Å². The lowest BCUT2D eigenvalue weighted by Gasteiger charge is -2.34. The Morgan fingerprint density at radius 1 is 1.05 bits per heavy atom. The van der Waals surface area contributed by atoms with E-state index in [1.54, 1.807) is 0 Å². The zero-order valence-electron chi connectivity index (χ0n) is 12.3. The SMILES string of the molecule is CC1(C)CCC(NC(=O)C2C(C(=O)O)C2(C)C)CC1. The molecule has 0 saturated heterocycles. The normalized spacial score (nSPS) is 32.6. The lowest BCUT2D eigenvalue weighted by Crippen LogP contribution is -2.40. The number of aliphatic carboxylic acids is 1. The van der Waals surface area contributed by atoms with Gasteiger partial charge in [-0.05, 0) is 36.5 Å². The maximum absolute atomic E-state index is 12.2. The van der Waals surface area contributed by atoms with E-state index in [1.165, 1.54) is 0 Å². The van der Waals surface area contributed by atoms with Crippen molar-refractivity contribution in [2.75, 3.05) is 0 Å². The van der Waals surface area contributed by atoms with E-state index < -0.39 is 17.3 Å². The van der Waals surface area contributed by atoms with Crippen LogP contribution in [0.15, 0.2) is 0 Å². The third-order valence-corrected chi connectivity index (χ3v) is 5.06. The highest BCUT2D eigenvalue weighted by atomic mass is 16.4. The molecule has 0 radical (unpaired) electrons. The molecule has 2 atom stereocenters. The van der Waals surface area contributed by atoms with E-state index in [-0.39, 0.29) is 17.9 Å². The Morgan fingerprint density at radius 2 is 1.58 bits per heavy atom. The average Bonchev–Trinajstić information content (AvgIpc) is 2.85. The standard InChI is InChI=1S/C15H25NO3/c1-14(2)7-5-9(6-8-14)16-12(17)10-11(13(18)19)15(10,3)4/h9-11H,5-8H2,1-4H3,(H,16,17)(H,18,19). The molecule has 1 amide bonds. The second-order valence-electron chi connectivity index (χ2n) is 7.56. The van der Waals surface area contributed by atoms with Crippen LogP contribution in [0.2, 0.25) is 0 Å². The Balaban J connectivity index is 1.88. The highest BCUT2D eigenvalue weighted by molar-refractivity contribution is 5.91. The zero-order valence-corrected chi connectivity index (χ0v) is 12.3. The van der Waals surface area contributed by atoms with Crippen molar-refractivity contribution in [2.24, 2.45) is 22.7 Å². The number of nitrogens with one attached hydrogen (secondary N) is 1. The van der Waals surface area contributed by atoms with E-state index in [4.69, 9.17) is 5.11 Å². The molecule has 108 valence electrons. The summed E-state index contributed by atoms with van der Waals surface area (Å²) in [6, 6.07) is 0.228. The zero-order chi connectivity index (χ0) is 14.4. The maximum Gasteiger partial charge on any atom is 0.307 e. The van der Waals surface area contributed by atoms with Crippen molar-refractivity contribution in [1.29, 1.82) is 0 Å². The number of carbonyl (C=O) groups excluding carboxylic acids is 1. The van der Waals surface area contributed by atoms with Gasteiger partial charge < -0.3 is 10.4 Å². The van der Waals surface area contributed by atoms with Gasteiger partial charge >= 0.3 is 5.97 Å². The van der Waals surface area contributed by atoms with Crippen LogP contribution in [0.5, 0.6) is 0 Å². The molecule has 0 aromatic rings. The van der Waals surface area contributed by atoms with E-state index in [0.29, 0.717) is 5.41 Å². The van der Waals surface area contributed by atoms with Gasteiger partial charge in [0.25, 0.3) is 0 Å². The van der Waals surface area contributed by atoms with Crippen LogP contribution in [0.4, 0.5) is 0 Å². The Kier molecular flexibility index (Phi) is 3.40. The van der Waals surface area contributed by atoms with Crippen LogP contribution < -0.4 is 5.32 Å². The smallest absolute Gasteiger partial charge is 0.307 e. The van der Waals surface area contributed by atoms with Crippen LogP contribution >= 0.6 is 0 Å². The Bertz CT molecular complexity index is 390. The molecule has 2 aliphatic rings. The van der Waals surface area contributed by atoms with Gasteiger partial charge in [-0.25, -0.2) is 0 Å². The number of amides is 1. The maximum atomic E-state index is 12.2. The van der Waals surface area contributed by atoms with Gasteiger partial charge in [-0.2, -0.15) is 0 Å². The van der Waals surface area contributed by atoms with Crippen LogP contribution in [0.25, 0.3) is 0 Å². The molecule has 4 nitrogen and oxygen atoms in total. The van der Waals surface area contributed by atoms with E-state index >= 15 is 0 Å². The minimum Gasteiger partial charge on any atom is -0.481 e. The van der Waals surface area contributed by atoms with Crippen LogP contribution in [-0.2, 0) is 9.59 Å². The molecule has 2 N–H and O–H groups in total. The van der Waals surface area contributed by atoms with Gasteiger partial charge in [0.15, 0.2) is 0 Å². The number of hydrogen-bond donors (Lipinski definition) is 2. The minimum absolute atomic E-state index is 0.0675. The molecule has 2 saturated carbocycles. The first kappa shape index (κ1) is 14.4. The van der Waals surface area contributed by atoms with Crippen molar-refractivity contribution in [3.63, 3.8) is 0 Å². The lowest BCUT2D eigenvalue weighted by atomic mass is 9.75. The third kappa shape index (κ3) is 2.77. The first-order valence-corrected chi connectivity index (χ1v) is 7.18. The van der Waals surface area contributed by atoms with Crippen molar-refractivity contribution in [2.45, 2.75) is 59.4 Å². The predicted octanol–water partition coefficient (Wildman–Crippen LogP) is 2.43. The molecule has 0 aliphatic heterocycles. The summed E-state index contributed by atoms with van der Waals surface area (Å²) in [5, 5.41) is 12.2. The van der Waals surface area contributed by atoms with Crippen molar-refractivity contribution in [3.05, 3.63) is 0 Å². The molecule has 2 unspecified atom stereocenters. The van der Waals surface area contributed by atoms with Gasteiger partial charge in [0.1, 0.15) is 0 Å². The van der Waals surface area contributed by atoms with Gasteiger partial charge in [0.2, 0.25) is 5.91 Å². The Labute approximate surface area is 115 Å². The van der Waals surface area contributed by atoms with Gasteiger partial charge in [-0.3, -0.25) is 9.59 Å². The molecule has 0 aromatic heterocycles. The first-order valence-electron chi connectivity index (χ1n) is 7.18. The van der Waals surface area contributed by atoms with Crippen LogP contribution in [0.1, 0.15) is 53.4 Å². The average molecular weight is 267 g/mol. The molecule has 2 aliphatic carbocycles. The molecule has 0 aromatic carbocycles. The summed E-state index contributed by atoms with van der Waals surface area (Å²) in [6.07, 6.45) is 4.25. The van der Waals surface area contributed by atoms with E-state index in [9.17, 15) is 9.59 Å². The molecule has 19 heavy (non-hydrogen) atoms. The quantitative estimate of drug-likeness (QED) is 0.825. The Hall–Kier alpha value is -1.06. The summed E-state index contributed by atoms with van der Waals surface area (Å²) < 4.78 is 0. The number of carboxylic acid groups (broad SMARTS) is 1. The van der Waals surface area contributed by atoms with Gasteiger partial charge in [-0.1, -0.05) is 27.7 Å². The summed E-state index contributed by atoms with van der Waals surface area (Å²) in [4.78, 5) is 23.3. The number of rotatable bonds is 3. The van der Waals surface area contributed by atoms with Crippen molar-refractivity contribution >= 4 is 11.9 Å². The molecule has 2 fully saturated rings. The first-order chi connectivity index (χ1) is 8.65. The molecule has 4 heteroatoms. The molecule has 0 spiro atoms. The molecule has 0 heterocycles. The van der Waals surface area contributed by atoms with E-state index in [0.717, 1.165) is 25.7 Å². The number of hydrogen-bond acceptors (Lipinski definition) is 2. The summed E-state index contributed by atoms with van der Waals surface area (Å²) in [5.41, 5.74) is -0.0203. The van der Waals surface area contributed by atoms with Crippen LogP contribution in [0.3, 0.4) is 0 Å². The van der Waals surface area contributed by atoms with Gasteiger partial charge in [-0.15, -0.1) is 0 Å². The van der Waals surface area contributed by atoms with Crippen molar-refractivity contribution < 1.29 is 14.7 Å². The van der Waals surface area contributed by atoms with Crippen LogP contribution in [0, 0.1) is 22.7 Å². The Morgan fingerprint density at radius 3 is 2.00 bits per heavy atom. The fraction of sp³-hybridized carbons (Fsp3) is 0.867. The number of carboxylic acids is 1. The monoisotopic (exact) mass is 267 g/mol. The highest BCUT2D eigenvalue weighted by Crippen LogP contribution is 2.58. The molecule has 0 bridgehead atoms. The summed E-state index contributed by atoms with van der Waals surface area (Å²) in [6.45, 7) is 8.24. The fourth-order valence-corrected chi connectivity index (χ4v) is 3.42. The van der Waals surface area contributed by atoms with Crippen LogP contribution in [-0.4, -0.2) is 23.0 Å². The van der Waals surface area contributed by atoms with Gasteiger partial charge in [0, 0.05) is 6.04 Å². The highest BCUT2D eigenvalue weighted by Gasteiger charge is 2.66. The van der Waals surface area contributed by atoms with Gasteiger partial charge in [0.05, 0.1) is 11.8 Å². The topological polar surface area (TPSA) is 66.4 Å². The molecule has 2 rings (SSSR count).